The van der Waals surface area contributed by atoms with E-state index < -0.39 is 17.1 Å². The van der Waals surface area contributed by atoms with Crippen molar-refractivity contribution in [2.24, 2.45) is 16.1 Å². The molecular formula is C9H11F3N2. The van der Waals surface area contributed by atoms with Crippen molar-refractivity contribution in [2.45, 2.75) is 31.5 Å². The lowest BCUT2D eigenvalue weighted by molar-refractivity contribution is -0.167. The Morgan fingerprint density at radius 3 is 2.36 bits per heavy atom. The van der Waals surface area contributed by atoms with Crippen LogP contribution in [0.3, 0.4) is 0 Å². The molecule has 0 unspecified atom stereocenters. The molecule has 0 spiro atoms. The van der Waals surface area contributed by atoms with E-state index in [9.17, 15) is 13.2 Å². The number of alkyl halides is 3. The number of aliphatic imine (C=N–C) groups is 1. The Morgan fingerprint density at radius 1 is 1.43 bits per heavy atom. The van der Waals surface area contributed by atoms with E-state index in [4.69, 9.17) is 5.73 Å². The van der Waals surface area contributed by atoms with E-state index in [1.54, 1.807) is 6.92 Å². The molecule has 78 valence electrons. The van der Waals surface area contributed by atoms with Crippen LogP contribution in [-0.4, -0.2) is 17.9 Å². The summed E-state index contributed by atoms with van der Waals surface area (Å²) in [5.74, 6) is 0. The molecular weight excluding hydrogens is 193 g/mol. The molecule has 0 aromatic carbocycles. The number of allylic oxidation sites excluding steroid dienone is 1. The molecule has 14 heavy (non-hydrogen) atoms. The molecule has 2 nitrogen and oxygen atoms in total. The Morgan fingerprint density at radius 2 is 2.00 bits per heavy atom. The quantitative estimate of drug-likeness (QED) is 0.686. The third-order valence-corrected chi connectivity index (χ3v) is 3.15. The van der Waals surface area contributed by atoms with E-state index in [2.05, 4.69) is 4.99 Å². The second-order valence-electron chi connectivity index (χ2n) is 4.13. The van der Waals surface area contributed by atoms with Crippen molar-refractivity contribution in [3.63, 3.8) is 0 Å². The number of fused-ring (bicyclic) bond motifs is 1. The number of rotatable bonds is 2. The largest absolute Gasteiger partial charge is 0.404 e. The average Bonchev–Trinajstić information content (AvgIpc) is 2.83. The second-order valence-corrected chi connectivity index (χ2v) is 4.13. The van der Waals surface area contributed by atoms with Crippen molar-refractivity contribution < 1.29 is 13.2 Å². The molecule has 2 rings (SSSR count). The van der Waals surface area contributed by atoms with Crippen LogP contribution >= 0.6 is 0 Å². The zero-order chi connectivity index (χ0) is 10.6. The van der Waals surface area contributed by atoms with E-state index in [-0.39, 0.29) is 12.8 Å². The molecule has 0 bridgehead atoms. The van der Waals surface area contributed by atoms with Gasteiger partial charge in [-0.05, 0) is 31.5 Å². The Bertz CT molecular complexity index is 321. The fourth-order valence-electron chi connectivity index (χ4n) is 1.81. The zero-order valence-electron chi connectivity index (χ0n) is 7.73. The van der Waals surface area contributed by atoms with Crippen LogP contribution in [-0.2, 0) is 0 Å². The minimum Gasteiger partial charge on any atom is -0.404 e. The van der Waals surface area contributed by atoms with Crippen LogP contribution in [0.4, 0.5) is 13.2 Å². The average molecular weight is 204 g/mol. The Labute approximate surface area is 79.7 Å². The van der Waals surface area contributed by atoms with Crippen LogP contribution < -0.4 is 5.73 Å². The summed E-state index contributed by atoms with van der Waals surface area (Å²) in [7, 11) is 0. The number of nitrogens with zero attached hydrogens (tertiary/aromatic N) is 1. The van der Waals surface area contributed by atoms with E-state index >= 15 is 0 Å². The molecule has 0 atom stereocenters. The van der Waals surface area contributed by atoms with Crippen molar-refractivity contribution in [2.75, 3.05) is 0 Å². The summed E-state index contributed by atoms with van der Waals surface area (Å²) in [6.45, 7) is 1.71. The van der Waals surface area contributed by atoms with Crippen molar-refractivity contribution >= 4 is 6.21 Å². The molecule has 5 heteroatoms. The Hall–Kier alpha value is -1.00. The summed E-state index contributed by atoms with van der Waals surface area (Å²) < 4.78 is 37.2. The van der Waals surface area contributed by atoms with Crippen molar-refractivity contribution in [1.29, 1.82) is 0 Å². The van der Waals surface area contributed by atoms with Crippen LogP contribution in [0.2, 0.25) is 0 Å². The Kier molecular flexibility index (Phi) is 1.58. The fourth-order valence-corrected chi connectivity index (χ4v) is 1.81. The maximum atomic E-state index is 12.4. The normalized spacial score (nSPS) is 41.3. The van der Waals surface area contributed by atoms with Crippen LogP contribution in [0, 0.1) is 5.41 Å². The van der Waals surface area contributed by atoms with Crippen LogP contribution in [0.15, 0.2) is 16.8 Å². The summed E-state index contributed by atoms with van der Waals surface area (Å²) in [5, 5.41) is 0. The molecule has 2 aliphatic carbocycles. The van der Waals surface area contributed by atoms with Gasteiger partial charge < -0.3 is 5.73 Å². The van der Waals surface area contributed by atoms with Gasteiger partial charge in [-0.15, -0.1) is 0 Å². The maximum Gasteiger partial charge on any atom is 0.397 e. The number of halogens is 3. The van der Waals surface area contributed by atoms with Gasteiger partial charge in [0.25, 0.3) is 0 Å². The first-order chi connectivity index (χ1) is 6.37. The zero-order valence-corrected chi connectivity index (χ0v) is 7.73. The molecule has 2 fully saturated rings. The summed E-state index contributed by atoms with van der Waals surface area (Å²) in [6, 6.07) is 0. The molecule has 0 aromatic heterocycles. The summed E-state index contributed by atoms with van der Waals surface area (Å²) in [5.41, 5.74) is 3.56. The molecule has 0 heterocycles. The van der Waals surface area contributed by atoms with Gasteiger partial charge in [0.1, 0.15) is 0 Å². The standard InChI is InChI=1S/C9H11F3N2/c1-6(2-13)3-14-8-4-7(8,5-8)9(10,11)12/h2-3H,4-5,13H2,1H3/b6-2-,14-3?. The summed E-state index contributed by atoms with van der Waals surface area (Å²) in [4.78, 5) is 3.96. The van der Waals surface area contributed by atoms with E-state index in [0.717, 1.165) is 0 Å². The van der Waals surface area contributed by atoms with Crippen molar-refractivity contribution in [3.05, 3.63) is 11.8 Å². The lowest BCUT2D eigenvalue weighted by atomic mass is 10.2. The molecule has 0 aromatic rings. The highest BCUT2D eigenvalue weighted by molar-refractivity contribution is 5.79. The van der Waals surface area contributed by atoms with Crippen LogP contribution in [0.5, 0.6) is 0 Å². The first-order valence-electron chi connectivity index (χ1n) is 4.37. The van der Waals surface area contributed by atoms with Crippen molar-refractivity contribution in [1.82, 2.24) is 0 Å². The lowest BCUT2D eigenvalue weighted by Crippen LogP contribution is -2.16. The summed E-state index contributed by atoms with van der Waals surface area (Å²) in [6.07, 6.45) is -1.03. The van der Waals surface area contributed by atoms with Gasteiger partial charge in [0, 0.05) is 6.21 Å². The van der Waals surface area contributed by atoms with E-state index in [1.807, 2.05) is 0 Å². The van der Waals surface area contributed by atoms with Gasteiger partial charge in [-0.3, -0.25) is 4.99 Å². The van der Waals surface area contributed by atoms with Gasteiger partial charge >= 0.3 is 6.18 Å². The smallest absolute Gasteiger partial charge is 0.397 e. The minimum atomic E-state index is -4.09. The third kappa shape index (κ3) is 1.01. The highest BCUT2D eigenvalue weighted by Crippen LogP contribution is 2.86. The van der Waals surface area contributed by atoms with Gasteiger partial charge in [-0.1, -0.05) is 0 Å². The van der Waals surface area contributed by atoms with Gasteiger partial charge in [-0.25, -0.2) is 0 Å². The van der Waals surface area contributed by atoms with Gasteiger partial charge in [-0.2, -0.15) is 13.2 Å². The SMILES string of the molecule is C/C(C=NC12CC1(C(F)(F)F)C2)=C/N. The summed E-state index contributed by atoms with van der Waals surface area (Å²) >= 11 is 0. The molecule has 0 aliphatic heterocycles. The minimum absolute atomic E-state index is 0.151. The topological polar surface area (TPSA) is 38.4 Å². The number of hydrogen-bond acceptors (Lipinski definition) is 2. The fraction of sp³-hybridized carbons (Fsp3) is 0.667. The van der Waals surface area contributed by atoms with Gasteiger partial charge in [0.15, 0.2) is 0 Å². The molecule has 2 aliphatic rings. The lowest BCUT2D eigenvalue weighted by Gasteiger charge is -2.05. The maximum absolute atomic E-state index is 12.4. The molecule has 0 saturated heterocycles. The van der Waals surface area contributed by atoms with Crippen LogP contribution in [0.25, 0.3) is 0 Å². The van der Waals surface area contributed by atoms with Crippen molar-refractivity contribution in [3.8, 4) is 0 Å². The molecule has 0 amide bonds. The Balaban J connectivity index is 2.04. The molecule has 2 N–H and O–H groups in total. The van der Waals surface area contributed by atoms with E-state index in [0.29, 0.717) is 5.57 Å². The first-order valence-corrected chi connectivity index (χ1v) is 4.37. The van der Waals surface area contributed by atoms with Gasteiger partial charge in [0.05, 0.1) is 11.0 Å². The monoisotopic (exact) mass is 204 g/mol. The highest BCUT2D eigenvalue weighted by atomic mass is 19.4. The third-order valence-electron chi connectivity index (χ3n) is 3.15. The van der Waals surface area contributed by atoms with Gasteiger partial charge in [0.2, 0.25) is 0 Å². The van der Waals surface area contributed by atoms with Crippen LogP contribution in [0.1, 0.15) is 19.8 Å². The number of nitrogens with two attached hydrogens (primary N) is 1. The first kappa shape index (κ1) is 9.55. The second kappa shape index (κ2) is 2.32. The predicted molar refractivity (Wildman–Crippen MR) is 46.9 cm³/mol. The highest BCUT2D eigenvalue weighted by Gasteiger charge is 2.94. The predicted octanol–water partition coefficient (Wildman–Crippen LogP) is 2.01. The molecule has 2 saturated carbocycles. The molecule has 0 radical (unpaired) electrons. The number of hydrogen-bond donors (Lipinski definition) is 1. The van der Waals surface area contributed by atoms with E-state index in [1.165, 1.54) is 12.4 Å².